The van der Waals surface area contributed by atoms with Crippen LogP contribution in [0.15, 0.2) is 12.2 Å². The number of carbonyl (C=O) groups excluding carboxylic acids is 2. The Labute approximate surface area is 128 Å². The molecule has 1 atom stereocenters. The molecule has 0 heterocycles. The molecule has 0 fully saturated rings. The van der Waals surface area contributed by atoms with E-state index in [0.717, 1.165) is 0 Å². The van der Waals surface area contributed by atoms with Crippen LogP contribution in [-0.2, 0) is 23.5 Å². The van der Waals surface area contributed by atoms with Gasteiger partial charge in [0.25, 0.3) is 5.60 Å². The largest absolute Gasteiger partial charge is 0.463 e. The van der Waals surface area contributed by atoms with Gasteiger partial charge in [-0.3, -0.25) is 0 Å². The summed E-state index contributed by atoms with van der Waals surface area (Å²) in [4.78, 5) is 25.0. The monoisotopic (exact) mass is 316 g/mol. The predicted molar refractivity (Wildman–Crippen MR) is 84.4 cm³/mol. The average molecular weight is 316 g/mol. The van der Waals surface area contributed by atoms with Crippen LogP contribution >= 0.6 is 0 Å². The third kappa shape index (κ3) is 5.28. The van der Waals surface area contributed by atoms with E-state index in [0.29, 0.717) is 0 Å². The van der Waals surface area contributed by atoms with E-state index >= 15 is 0 Å². The molecule has 5 nitrogen and oxygen atoms in total. The molecule has 0 aliphatic heterocycles. The molecule has 0 aromatic heterocycles. The fourth-order valence-corrected chi connectivity index (χ4v) is 3.33. The summed E-state index contributed by atoms with van der Waals surface area (Å²) in [6, 6.07) is 0. The highest BCUT2D eigenvalue weighted by Gasteiger charge is 2.56. The summed E-state index contributed by atoms with van der Waals surface area (Å²) in [5.41, 5.74) is -1.73. The van der Waals surface area contributed by atoms with Gasteiger partial charge < -0.3 is 13.9 Å². The van der Waals surface area contributed by atoms with Gasteiger partial charge in [0, 0.05) is 5.92 Å². The van der Waals surface area contributed by atoms with Crippen LogP contribution < -0.4 is 0 Å². The van der Waals surface area contributed by atoms with Crippen LogP contribution in [0.4, 0.5) is 0 Å². The number of rotatable bonds is 8. The summed E-state index contributed by atoms with van der Waals surface area (Å²) in [6.45, 7) is 13.1. The fraction of sp³-hybridized carbons (Fsp3) is 0.733. The van der Waals surface area contributed by atoms with Crippen molar-refractivity contribution in [2.75, 3.05) is 13.2 Å². The first-order valence-electron chi connectivity index (χ1n) is 7.33. The minimum absolute atomic E-state index is 0.178. The van der Waals surface area contributed by atoms with Crippen LogP contribution in [0.3, 0.4) is 0 Å². The van der Waals surface area contributed by atoms with Gasteiger partial charge in [0.15, 0.2) is 8.32 Å². The summed E-state index contributed by atoms with van der Waals surface area (Å²) in [5, 5.41) is 0. The molecule has 0 aliphatic carbocycles. The van der Waals surface area contributed by atoms with Crippen LogP contribution in [0.1, 0.15) is 27.7 Å². The molecule has 0 amide bonds. The maximum atomic E-state index is 12.5. The molecule has 0 rings (SSSR count). The SMILES string of the molecule is C/C=C/C(C)C(O[Si](C)(C)C)(C(=O)OCC)C(=O)OCC. The Morgan fingerprint density at radius 3 is 1.81 bits per heavy atom. The van der Waals surface area contributed by atoms with Crippen LogP contribution in [0, 0.1) is 5.92 Å². The highest BCUT2D eigenvalue weighted by Crippen LogP contribution is 2.31. The van der Waals surface area contributed by atoms with Gasteiger partial charge in [-0.15, -0.1) is 0 Å². The molecular formula is C15H28O5Si. The topological polar surface area (TPSA) is 61.8 Å². The van der Waals surface area contributed by atoms with Crippen LogP contribution in [-0.4, -0.2) is 39.1 Å². The Hall–Kier alpha value is -1.14. The third-order valence-electron chi connectivity index (χ3n) is 2.75. The molecule has 0 spiro atoms. The predicted octanol–water partition coefficient (Wildman–Crippen LogP) is 2.92. The molecule has 0 aromatic carbocycles. The second kappa shape index (κ2) is 8.34. The smallest absolute Gasteiger partial charge is 0.349 e. The number of hydrogen-bond donors (Lipinski definition) is 0. The normalized spacial score (nSPS) is 14.0. The van der Waals surface area contributed by atoms with Crippen molar-refractivity contribution in [3.63, 3.8) is 0 Å². The van der Waals surface area contributed by atoms with Crippen LogP contribution in [0.2, 0.25) is 19.6 Å². The first kappa shape index (κ1) is 19.9. The van der Waals surface area contributed by atoms with Crippen molar-refractivity contribution in [2.24, 2.45) is 5.92 Å². The fourth-order valence-electron chi connectivity index (χ4n) is 2.02. The summed E-state index contributed by atoms with van der Waals surface area (Å²) in [6.07, 6.45) is 3.54. The molecule has 0 aliphatic rings. The molecule has 0 radical (unpaired) electrons. The van der Waals surface area contributed by atoms with Gasteiger partial charge >= 0.3 is 11.9 Å². The maximum absolute atomic E-state index is 12.5. The zero-order valence-corrected chi connectivity index (χ0v) is 15.2. The zero-order chi connectivity index (χ0) is 16.7. The molecule has 1 unspecified atom stereocenters. The Balaban J connectivity index is 5.92. The zero-order valence-electron chi connectivity index (χ0n) is 14.2. The molecule has 0 aromatic rings. The number of ether oxygens (including phenoxy) is 2. The van der Waals surface area contributed by atoms with Crippen molar-refractivity contribution in [3.8, 4) is 0 Å². The van der Waals surface area contributed by atoms with E-state index in [1.807, 2.05) is 26.6 Å². The maximum Gasteiger partial charge on any atom is 0.349 e. The van der Waals surface area contributed by atoms with E-state index < -0.39 is 31.8 Å². The highest BCUT2D eigenvalue weighted by molar-refractivity contribution is 6.70. The summed E-state index contributed by atoms with van der Waals surface area (Å²) in [5.74, 6) is -1.85. The lowest BCUT2D eigenvalue weighted by molar-refractivity contribution is -0.184. The van der Waals surface area contributed by atoms with Gasteiger partial charge in [0.05, 0.1) is 13.2 Å². The van der Waals surface area contributed by atoms with Gasteiger partial charge in [-0.1, -0.05) is 19.1 Å². The summed E-state index contributed by atoms with van der Waals surface area (Å²) >= 11 is 0. The Morgan fingerprint density at radius 1 is 1.10 bits per heavy atom. The Morgan fingerprint density at radius 2 is 1.52 bits per heavy atom. The van der Waals surface area contributed by atoms with Gasteiger partial charge in [0.1, 0.15) is 0 Å². The van der Waals surface area contributed by atoms with E-state index in [2.05, 4.69) is 0 Å². The van der Waals surface area contributed by atoms with Crippen molar-refractivity contribution in [1.29, 1.82) is 0 Å². The number of hydrogen-bond acceptors (Lipinski definition) is 5. The second-order valence-electron chi connectivity index (χ2n) is 5.71. The average Bonchev–Trinajstić information content (AvgIpc) is 2.35. The van der Waals surface area contributed by atoms with Crippen molar-refractivity contribution in [3.05, 3.63) is 12.2 Å². The van der Waals surface area contributed by atoms with Gasteiger partial charge in [-0.05, 0) is 40.4 Å². The van der Waals surface area contributed by atoms with Crippen molar-refractivity contribution >= 4 is 20.3 Å². The molecular weight excluding hydrogens is 288 g/mol. The van der Waals surface area contributed by atoms with Gasteiger partial charge in [-0.25, -0.2) is 9.59 Å². The van der Waals surface area contributed by atoms with Gasteiger partial charge in [0.2, 0.25) is 0 Å². The van der Waals surface area contributed by atoms with Crippen molar-refractivity contribution in [2.45, 2.75) is 52.9 Å². The lowest BCUT2D eigenvalue weighted by Gasteiger charge is -2.37. The first-order chi connectivity index (χ1) is 9.65. The number of allylic oxidation sites excluding steroid dienone is 1. The van der Waals surface area contributed by atoms with Crippen LogP contribution in [0.5, 0.6) is 0 Å². The number of esters is 2. The lowest BCUT2D eigenvalue weighted by Crippen LogP contribution is -2.59. The first-order valence-corrected chi connectivity index (χ1v) is 10.7. The standard InChI is InChI=1S/C15H28O5Si/c1-8-11-12(4)15(13(16)18-9-2,14(17)19-10-3)20-21(5,6)7/h8,11-12H,9-10H2,1-7H3/b11-8+. The van der Waals surface area contributed by atoms with Crippen molar-refractivity contribution in [1.82, 2.24) is 0 Å². The molecule has 21 heavy (non-hydrogen) atoms. The van der Waals surface area contributed by atoms with E-state index in [9.17, 15) is 9.59 Å². The minimum Gasteiger partial charge on any atom is -0.463 e. The van der Waals surface area contributed by atoms with Crippen LogP contribution in [0.25, 0.3) is 0 Å². The molecule has 0 saturated carbocycles. The second-order valence-corrected chi connectivity index (χ2v) is 10.1. The van der Waals surface area contributed by atoms with E-state index in [-0.39, 0.29) is 13.2 Å². The molecule has 0 N–H and O–H groups in total. The van der Waals surface area contributed by atoms with Crippen molar-refractivity contribution < 1.29 is 23.5 Å². The molecule has 0 bridgehead atoms. The lowest BCUT2D eigenvalue weighted by atomic mass is 9.88. The Bertz CT molecular complexity index is 366. The summed E-state index contributed by atoms with van der Waals surface area (Å²) < 4.78 is 16.2. The summed E-state index contributed by atoms with van der Waals surface area (Å²) in [7, 11) is -2.20. The Kier molecular flexibility index (Phi) is 7.88. The van der Waals surface area contributed by atoms with E-state index in [1.54, 1.807) is 32.9 Å². The molecule has 0 saturated heterocycles. The van der Waals surface area contributed by atoms with E-state index in [1.165, 1.54) is 0 Å². The minimum atomic E-state index is -2.20. The molecule has 122 valence electrons. The quantitative estimate of drug-likeness (QED) is 0.298. The highest BCUT2D eigenvalue weighted by atomic mass is 28.4. The van der Waals surface area contributed by atoms with E-state index in [4.69, 9.17) is 13.9 Å². The third-order valence-corrected chi connectivity index (χ3v) is 3.68. The molecule has 6 heteroatoms. The van der Waals surface area contributed by atoms with Gasteiger partial charge in [-0.2, -0.15) is 0 Å². The number of carbonyl (C=O) groups is 2.